The van der Waals surface area contributed by atoms with Gasteiger partial charge < -0.3 is 4.90 Å². The molecule has 0 aliphatic rings. The molecule has 0 radical (unpaired) electrons. The van der Waals surface area contributed by atoms with Crippen LogP contribution in [0, 0.1) is 6.92 Å². The number of allylic oxidation sites excluding steroid dienone is 6. The molecular formula is C22H32FN. The van der Waals surface area contributed by atoms with Gasteiger partial charge in [0.1, 0.15) is 0 Å². The van der Waals surface area contributed by atoms with Gasteiger partial charge in [-0.2, -0.15) is 0 Å². The van der Waals surface area contributed by atoms with Gasteiger partial charge in [-0.15, -0.1) is 0 Å². The maximum absolute atomic E-state index is 9.50. The summed E-state index contributed by atoms with van der Waals surface area (Å²) in [7, 11) is 0.500. The first kappa shape index (κ1) is 23.9. The molecule has 0 saturated carbocycles. The molecule has 1 rings (SSSR count). The van der Waals surface area contributed by atoms with Crippen molar-refractivity contribution in [3.8, 4) is 0 Å². The van der Waals surface area contributed by atoms with E-state index in [1.54, 1.807) is 6.08 Å². The Labute approximate surface area is 148 Å². The first-order chi connectivity index (χ1) is 11.7. The number of benzene rings is 1. The molecule has 132 valence electrons. The molecule has 2 heteroatoms. The molecule has 1 aromatic carbocycles. The average Bonchev–Trinajstić information content (AvgIpc) is 2.64. The molecule has 0 aliphatic heterocycles. The lowest BCUT2D eigenvalue weighted by Gasteiger charge is -2.24. The van der Waals surface area contributed by atoms with E-state index in [4.69, 9.17) is 0 Å². The number of hydrogen-bond acceptors (Lipinski definition) is 1. The fourth-order valence-electron chi connectivity index (χ4n) is 1.90. The highest BCUT2D eigenvalue weighted by atomic mass is 19.1. The minimum absolute atomic E-state index is 0.500. The molecule has 24 heavy (non-hydrogen) atoms. The van der Waals surface area contributed by atoms with Gasteiger partial charge in [-0.3, -0.25) is 4.39 Å². The van der Waals surface area contributed by atoms with E-state index in [2.05, 4.69) is 61.4 Å². The summed E-state index contributed by atoms with van der Waals surface area (Å²) < 4.78 is 9.50. The molecule has 0 fully saturated rings. The number of alkyl halides is 1. The van der Waals surface area contributed by atoms with E-state index in [0.29, 0.717) is 7.18 Å². The monoisotopic (exact) mass is 329 g/mol. The van der Waals surface area contributed by atoms with Gasteiger partial charge >= 0.3 is 0 Å². The van der Waals surface area contributed by atoms with Crippen LogP contribution >= 0.6 is 0 Å². The quantitative estimate of drug-likeness (QED) is 0.497. The van der Waals surface area contributed by atoms with Crippen LogP contribution in [-0.2, 0) is 0 Å². The standard InChI is InChI=1S/C19H23N.C2H6.CH3F/c1-5-8-9-10-15-20(18(7-3)12-6-2)19-14-11-13-17(4)16-19;2*1-2/h5-14,16H,2-3,15H2,1,4H3;1-2H3;1H3/b8-5-,10-9-,18-12+;;. The van der Waals surface area contributed by atoms with Gasteiger partial charge in [0.2, 0.25) is 0 Å². The third-order valence-electron chi connectivity index (χ3n) is 2.85. The first-order valence-corrected chi connectivity index (χ1v) is 8.18. The third kappa shape index (κ3) is 9.62. The molecule has 0 aliphatic carbocycles. The molecular weight excluding hydrogens is 297 g/mol. The van der Waals surface area contributed by atoms with Crippen LogP contribution in [0.25, 0.3) is 0 Å². The van der Waals surface area contributed by atoms with E-state index in [9.17, 15) is 4.39 Å². The van der Waals surface area contributed by atoms with Gasteiger partial charge in [-0.1, -0.05) is 69.5 Å². The average molecular weight is 330 g/mol. The second-order valence-corrected chi connectivity index (χ2v) is 4.43. The van der Waals surface area contributed by atoms with Crippen LogP contribution in [0.2, 0.25) is 0 Å². The second kappa shape index (κ2) is 17.0. The van der Waals surface area contributed by atoms with Crippen molar-refractivity contribution in [3.63, 3.8) is 0 Å². The van der Waals surface area contributed by atoms with Crippen molar-refractivity contribution in [2.45, 2.75) is 27.7 Å². The van der Waals surface area contributed by atoms with Crippen LogP contribution in [0.15, 0.2) is 85.7 Å². The van der Waals surface area contributed by atoms with E-state index in [1.807, 2.05) is 45.1 Å². The predicted molar refractivity (Wildman–Crippen MR) is 109 cm³/mol. The van der Waals surface area contributed by atoms with Crippen molar-refractivity contribution >= 4 is 5.69 Å². The molecule has 0 heterocycles. The van der Waals surface area contributed by atoms with Crippen molar-refractivity contribution in [2.75, 3.05) is 18.6 Å². The van der Waals surface area contributed by atoms with E-state index in [0.717, 1.165) is 17.9 Å². The molecule has 1 aromatic rings. The normalized spacial score (nSPS) is 10.5. The molecule has 0 amide bonds. The predicted octanol–water partition coefficient (Wildman–Crippen LogP) is 6.80. The third-order valence-corrected chi connectivity index (χ3v) is 2.85. The zero-order chi connectivity index (χ0) is 18.8. The molecule has 0 spiro atoms. The Hall–Kier alpha value is -2.35. The van der Waals surface area contributed by atoms with Crippen molar-refractivity contribution in [1.29, 1.82) is 0 Å². The van der Waals surface area contributed by atoms with Crippen molar-refractivity contribution in [1.82, 2.24) is 0 Å². The van der Waals surface area contributed by atoms with Crippen LogP contribution in [0.3, 0.4) is 0 Å². The largest absolute Gasteiger partial charge is 0.338 e. The van der Waals surface area contributed by atoms with E-state index in [-0.39, 0.29) is 0 Å². The van der Waals surface area contributed by atoms with Gasteiger partial charge in [0, 0.05) is 17.9 Å². The van der Waals surface area contributed by atoms with Crippen LogP contribution in [-0.4, -0.2) is 13.7 Å². The van der Waals surface area contributed by atoms with Crippen LogP contribution < -0.4 is 4.90 Å². The van der Waals surface area contributed by atoms with Crippen molar-refractivity contribution in [2.24, 2.45) is 0 Å². The number of rotatable bonds is 7. The minimum atomic E-state index is 0.500. The molecule has 0 atom stereocenters. The molecule has 0 saturated heterocycles. The molecule has 1 nitrogen and oxygen atoms in total. The lowest BCUT2D eigenvalue weighted by atomic mass is 10.2. The van der Waals surface area contributed by atoms with Gasteiger partial charge in [-0.05, 0) is 43.7 Å². The lowest BCUT2D eigenvalue weighted by molar-refractivity contribution is 0.636. The summed E-state index contributed by atoms with van der Waals surface area (Å²) in [5, 5.41) is 0. The fraction of sp³-hybridized carbons (Fsp3) is 0.273. The van der Waals surface area contributed by atoms with Crippen LogP contribution in [0.1, 0.15) is 26.3 Å². The number of nitrogens with zero attached hydrogens (tertiary/aromatic N) is 1. The van der Waals surface area contributed by atoms with Gasteiger partial charge in [0.05, 0.1) is 7.18 Å². The smallest absolute Gasteiger partial charge is 0.0785 e. The highest BCUT2D eigenvalue weighted by Gasteiger charge is 2.07. The lowest BCUT2D eigenvalue weighted by Crippen LogP contribution is -2.21. The molecule has 0 bridgehead atoms. The van der Waals surface area contributed by atoms with Crippen molar-refractivity contribution < 1.29 is 4.39 Å². The highest BCUT2D eigenvalue weighted by molar-refractivity contribution is 5.56. The van der Waals surface area contributed by atoms with Crippen LogP contribution in [0.5, 0.6) is 0 Å². The summed E-state index contributed by atoms with van der Waals surface area (Å²) >= 11 is 0. The Morgan fingerprint density at radius 2 is 1.83 bits per heavy atom. The topological polar surface area (TPSA) is 3.24 Å². The maximum atomic E-state index is 9.50. The minimum Gasteiger partial charge on any atom is -0.338 e. The molecule has 0 unspecified atom stereocenters. The van der Waals surface area contributed by atoms with Gasteiger partial charge in [-0.25, -0.2) is 0 Å². The summed E-state index contributed by atoms with van der Waals surface area (Å²) in [6, 6.07) is 8.45. The summed E-state index contributed by atoms with van der Waals surface area (Å²) in [4.78, 5) is 2.21. The summed E-state index contributed by atoms with van der Waals surface area (Å²) in [5.74, 6) is 0. The molecule has 0 N–H and O–H groups in total. The second-order valence-electron chi connectivity index (χ2n) is 4.43. The summed E-state index contributed by atoms with van der Waals surface area (Å²) in [6.07, 6.45) is 13.8. The Morgan fingerprint density at radius 1 is 1.17 bits per heavy atom. The maximum Gasteiger partial charge on any atom is 0.0785 e. The molecule has 0 aromatic heterocycles. The summed E-state index contributed by atoms with van der Waals surface area (Å²) in [5.41, 5.74) is 3.44. The number of halogens is 1. The first-order valence-electron chi connectivity index (χ1n) is 8.18. The van der Waals surface area contributed by atoms with E-state index in [1.165, 1.54) is 5.56 Å². The number of anilines is 1. The number of hydrogen-bond donors (Lipinski definition) is 0. The number of aryl methyl sites for hydroxylation is 1. The van der Waals surface area contributed by atoms with E-state index < -0.39 is 0 Å². The zero-order valence-electron chi connectivity index (χ0n) is 15.8. The Bertz CT molecular complexity index is 539. The van der Waals surface area contributed by atoms with Gasteiger partial charge in [0.25, 0.3) is 0 Å². The zero-order valence-corrected chi connectivity index (χ0v) is 15.8. The summed E-state index contributed by atoms with van der Waals surface area (Å²) in [6.45, 7) is 16.6. The van der Waals surface area contributed by atoms with Crippen molar-refractivity contribution in [3.05, 3.63) is 91.2 Å². The Morgan fingerprint density at radius 3 is 2.33 bits per heavy atom. The highest BCUT2D eigenvalue weighted by Crippen LogP contribution is 2.21. The van der Waals surface area contributed by atoms with Crippen LogP contribution in [0.4, 0.5) is 10.1 Å². The fourth-order valence-corrected chi connectivity index (χ4v) is 1.90. The van der Waals surface area contributed by atoms with E-state index >= 15 is 0 Å². The SMILES string of the molecule is C=C/C=C(\C=C)N(C/C=C\C=C/C)c1cccc(C)c1.CC.CF. The Kier molecular flexibility index (Phi) is 16.9. The Balaban J connectivity index is 0. The van der Waals surface area contributed by atoms with Gasteiger partial charge in [0.15, 0.2) is 0 Å².